The van der Waals surface area contributed by atoms with Crippen LogP contribution in [0.15, 0.2) is 71.3 Å². The lowest BCUT2D eigenvalue weighted by molar-refractivity contribution is -0.128. The molecule has 4 aromatic rings. The van der Waals surface area contributed by atoms with E-state index in [4.69, 9.17) is 9.15 Å². The standard InChI is InChI=1S/C27H29N5O5/c1-5-27(2,3)28-25(34)24(22-14-9-15-37-22)32(19-11-8-10-18(16-19)26(35)36-4)23(33)17-31-21-13-7-6-12-20(21)29-30-31/h6-16,24H,5,17H2,1-4H3,(H,28,34). The van der Waals surface area contributed by atoms with Gasteiger partial charge in [0.25, 0.3) is 5.91 Å². The number of amides is 2. The Hall–Kier alpha value is -4.47. The summed E-state index contributed by atoms with van der Waals surface area (Å²) in [6.07, 6.45) is 2.11. The van der Waals surface area contributed by atoms with E-state index in [2.05, 4.69) is 15.6 Å². The van der Waals surface area contributed by atoms with E-state index in [1.165, 1.54) is 29.0 Å². The number of esters is 1. The number of anilines is 1. The molecule has 0 spiro atoms. The second-order valence-electron chi connectivity index (χ2n) is 9.19. The summed E-state index contributed by atoms with van der Waals surface area (Å²) in [7, 11) is 1.28. The number of ether oxygens (including phenoxy) is 1. The topological polar surface area (TPSA) is 120 Å². The van der Waals surface area contributed by atoms with Gasteiger partial charge < -0.3 is 14.5 Å². The van der Waals surface area contributed by atoms with Crippen LogP contribution in [0.3, 0.4) is 0 Å². The van der Waals surface area contributed by atoms with E-state index >= 15 is 0 Å². The minimum Gasteiger partial charge on any atom is -0.467 e. The average molecular weight is 504 g/mol. The Bertz CT molecular complexity index is 1410. The molecule has 10 nitrogen and oxygen atoms in total. The van der Waals surface area contributed by atoms with Crippen molar-refractivity contribution in [2.24, 2.45) is 0 Å². The van der Waals surface area contributed by atoms with E-state index in [0.717, 1.165) is 0 Å². The Kier molecular flexibility index (Phi) is 7.37. The fraction of sp³-hybridized carbons (Fsp3) is 0.296. The van der Waals surface area contributed by atoms with Gasteiger partial charge in [-0.1, -0.05) is 30.3 Å². The monoisotopic (exact) mass is 503 g/mol. The quantitative estimate of drug-likeness (QED) is 0.344. The first kappa shape index (κ1) is 25.6. The highest BCUT2D eigenvalue weighted by Gasteiger charge is 2.37. The summed E-state index contributed by atoms with van der Waals surface area (Å²) in [6, 6.07) is 15.8. The molecule has 2 heterocycles. The van der Waals surface area contributed by atoms with Crippen LogP contribution >= 0.6 is 0 Å². The van der Waals surface area contributed by atoms with E-state index in [9.17, 15) is 14.4 Å². The van der Waals surface area contributed by atoms with Crippen molar-refractivity contribution in [3.63, 3.8) is 0 Å². The van der Waals surface area contributed by atoms with Gasteiger partial charge >= 0.3 is 5.97 Å². The van der Waals surface area contributed by atoms with Crippen LogP contribution < -0.4 is 10.2 Å². The highest BCUT2D eigenvalue weighted by molar-refractivity contribution is 6.02. The van der Waals surface area contributed by atoms with E-state index in [-0.39, 0.29) is 17.9 Å². The first-order valence-electron chi connectivity index (χ1n) is 11.9. The summed E-state index contributed by atoms with van der Waals surface area (Å²) in [6.45, 7) is 5.55. The second-order valence-corrected chi connectivity index (χ2v) is 9.19. The fourth-order valence-electron chi connectivity index (χ4n) is 3.89. The van der Waals surface area contributed by atoms with Gasteiger partial charge in [0.1, 0.15) is 17.8 Å². The lowest BCUT2D eigenvalue weighted by Gasteiger charge is -2.33. The average Bonchev–Trinajstić information content (AvgIpc) is 3.57. The number of hydrogen-bond acceptors (Lipinski definition) is 7. The minimum atomic E-state index is -1.16. The number of hydrogen-bond donors (Lipinski definition) is 1. The third kappa shape index (κ3) is 5.53. The minimum absolute atomic E-state index is 0.204. The van der Waals surface area contributed by atoms with Gasteiger partial charge in [-0.15, -0.1) is 5.10 Å². The number of furan rings is 1. The molecule has 10 heteroatoms. The third-order valence-electron chi connectivity index (χ3n) is 6.18. The largest absolute Gasteiger partial charge is 0.467 e. The van der Waals surface area contributed by atoms with Crippen LogP contribution in [0.1, 0.15) is 49.4 Å². The molecule has 0 saturated heterocycles. The van der Waals surface area contributed by atoms with Crippen LogP contribution in [0.25, 0.3) is 11.0 Å². The molecular weight excluding hydrogens is 474 g/mol. The molecule has 192 valence electrons. The lowest BCUT2D eigenvalue weighted by Crippen LogP contribution is -2.51. The first-order valence-corrected chi connectivity index (χ1v) is 11.9. The maximum Gasteiger partial charge on any atom is 0.337 e. The summed E-state index contributed by atoms with van der Waals surface area (Å²) in [5, 5.41) is 11.3. The Balaban J connectivity index is 1.82. The molecule has 2 aromatic carbocycles. The molecule has 0 aliphatic rings. The number of rotatable bonds is 9. The Morgan fingerprint density at radius 3 is 2.59 bits per heavy atom. The van der Waals surface area contributed by atoms with Crippen LogP contribution in [0.4, 0.5) is 5.69 Å². The molecule has 0 fully saturated rings. The number of benzene rings is 2. The zero-order valence-corrected chi connectivity index (χ0v) is 21.2. The summed E-state index contributed by atoms with van der Waals surface area (Å²) < 4.78 is 12.0. The first-order chi connectivity index (χ1) is 17.7. The molecule has 1 atom stereocenters. The molecule has 4 rings (SSSR count). The van der Waals surface area contributed by atoms with E-state index in [0.29, 0.717) is 23.1 Å². The highest BCUT2D eigenvalue weighted by atomic mass is 16.5. The Morgan fingerprint density at radius 1 is 1.11 bits per heavy atom. The van der Waals surface area contributed by atoms with Crippen LogP contribution in [-0.4, -0.2) is 45.4 Å². The number of methoxy groups -OCH3 is 1. The van der Waals surface area contributed by atoms with Crippen molar-refractivity contribution < 1.29 is 23.5 Å². The number of aromatic nitrogens is 3. The van der Waals surface area contributed by atoms with Crippen LogP contribution in [0.5, 0.6) is 0 Å². The number of nitrogens with one attached hydrogen (secondary N) is 1. The molecule has 2 aromatic heterocycles. The fourth-order valence-corrected chi connectivity index (χ4v) is 3.89. The zero-order valence-electron chi connectivity index (χ0n) is 21.2. The Labute approximate surface area is 214 Å². The second kappa shape index (κ2) is 10.7. The van der Waals surface area contributed by atoms with E-state index < -0.39 is 29.4 Å². The number of carbonyl (C=O) groups is 3. The number of nitrogens with zero attached hydrogens (tertiary/aromatic N) is 4. The molecular formula is C27H29N5O5. The van der Waals surface area contributed by atoms with Crippen molar-refractivity contribution in [1.29, 1.82) is 0 Å². The van der Waals surface area contributed by atoms with Crippen molar-refractivity contribution >= 4 is 34.5 Å². The normalized spacial score (nSPS) is 12.2. The molecule has 0 aliphatic carbocycles. The molecule has 1 unspecified atom stereocenters. The molecule has 0 radical (unpaired) electrons. The molecule has 37 heavy (non-hydrogen) atoms. The zero-order chi connectivity index (χ0) is 26.6. The number of carbonyl (C=O) groups excluding carboxylic acids is 3. The van der Waals surface area contributed by atoms with Gasteiger partial charge in [0.15, 0.2) is 6.04 Å². The summed E-state index contributed by atoms with van der Waals surface area (Å²) in [4.78, 5) is 41.3. The van der Waals surface area contributed by atoms with Crippen molar-refractivity contribution in [3.05, 3.63) is 78.3 Å². The van der Waals surface area contributed by atoms with Crippen LogP contribution in [0, 0.1) is 0 Å². The summed E-state index contributed by atoms with van der Waals surface area (Å²) >= 11 is 0. The van der Waals surface area contributed by atoms with Crippen molar-refractivity contribution in [2.45, 2.75) is 45.3 Å². The summed E-state index contributed by atoms with van der Waals surface area (Å²) in [5.74, 6) is -1.18. The van der Waals surface area contributed by atoms with Crippen molar-refractivity contribution in [2.75, 3.05) is 12.0 Å². The Morgan fingerprint density at radius 2 is 1.89 bits per heavy atom. The summed E-state index contributed by atoms with van der Waals surface area (Å²) in [5.41, 5.74) is 1.33. The molecule has 0 aliphatic heterocycles. The van der Waals surface area contributed by atoms with Crippen LogP contribution in [-0.2, 0) is 20.9 Å². The van der Waals surface area contributed by atoms with Crippen molar-refractivity contribution in [3.8, 4) is 0 Å². The van der Waals surface area contributed by atoms with Gasteiger partial charge in [0, 0.05) is 11.2 Å². The predicted molar refractivity (Wildman–Crippen MR) is 137 cm³/mol. The highest BCUT2D eigenvalue weighted by Crippen LogP contribution is 2.30. The lowest BCUT2D eigenvalue weighted by atomic mass is 10.0. The number of para-hydroxylation sites is 1. The third-order valence-corrected chi connectivity index (χ3v) is 6.18. The van der Waals surface area contributed by atoms with Gasteiger partial charge in [-0.2, -0.15) is 0 Å². The maximum atomic E-state index is 14.0. The molecule has 1 N–H and O–H groups in total. The van der Waals surface area contributed by atoms with E-state index in [1.54, 1.807) is 36.4 Å². The van der Waals surface area contributed by atoms with E-state index in [1.807, 2.05) is 39.0 Å². The number of fused-ring (bicyclic) bond motifs is 1. The smallest absolute Gasteiger partial charge is 0.337 e. The van der Waals surface area contributed by atoms with Gasteiger partial charge in [-0.25, -0.2) is 9.48 Å². The van der Waals surface area contributed by atoms with Crippen LogP contribution in [0.2, 0.25) is 0 Å². The molecule has 2 amide bonds. The van der Waals surface area contributed by atoms with Crippen molar-refractivity contribution in [1.82, 2.24) is 20.3 Å². The van der Waals surface area contributed by atoms with Gasteiger partial charge in [-0.05, 0) is 62.7 Å². The van der Waals surface area contributed by atoms with Gasteiger partial charge in [0.2, 0.25) is 5.91 Å². The van der Waals surface area contributed by atoms with Gasteiger partial charge in [0.05, 0.1) is 24.5 Å². The SMILES string of the molecule is CCC(C)(C)NC(=O)C(c1ccco1)N(C(=O)Cn1nnc2ccccc21)c1cccc(C(=O)OC)c1. The predicted octanol–water partition coefficient (Wildman–Crippen LogP) is 3.89. The molecule has 0 saturated carbocycles. The van der Waals surface area contributed by atoms with Gasteiger partial charge in [-0.3, -0.25) is 14.5 Å². The maximum absolute atomic E-state index is 14.0. The molecule has 0 bridgehead atoms.